The van der Waals surface area contributed by atoms with Gasteiger partial charge in [0.1, 0.15) is 11.5 Å². The van der Waals surface area contributed by atoms with Crippen LogP contribution in [0.4, 0.5) is 5.82 Å². The smallest absolute Gasteiger partial charge is 0.272 e. The van der Waals surface area contributed by atoms with Crippen molar-refractivity contribution in [3.8, 4) is 0 Å². The number of hydrogen-bond donors (Lipinski definition) is 2. The molecule has 100 valence electrons. The number of hydrogen-bond acceptors (Lipinski definition) is 4. The molecule has 0 saturated heterocycles. The number of carbonyl (C=O) groups is 1. The highest BCUT2D eigenvalue weighted by atomic mass is 32.1. The van der Waals surface area contributed by atoms with E-state index in [9.17, 15) is 4.79 Å². The average molecular weight is 276 g/mol. The fourth-order valence-corrected chi connectivity index (χ4v) is 3.61. The lowest BCUT2D eigenvalue weighted by atomic mass is 9.97. The third-order valence-corrected chi connectivity index (χ3v) is 4.57. The van der Waals surface area contributed by atoms with E-state index in [4.69, 9.17) is 5.73 Å². The molecule has 0 aliphatic carbocycles. The van der Waals surface area contributed by atoms with Gasteiger partial charge in [-0.05, 0) is 29.9 Å². The number of aromatic nitrogens is 2. The SMILES string of the molecule is CCC1c2ccsc2CCN1C(=O)c1cc(N)n[nH]1. The number of nitrogen functional groups attached to an aromatic ring is 1. The molecule has 5 nitrogen and oxygen atoms in total. The van der Waals surface area contributed by atoms with Crippen molar-refractivity contribution in [2.75, 3.05) is 12.3 Å². The molecule has 1 unspecified atom stereocenters. The molecular weight excluding hydrogens is 260 g/mol. The molecule has 0 saturated carbocycles. The molecule has 19 heavy (non-hydrogen) atoms. The molecule has 1 aliphatic heterocycles. The number of H-pyrrole nitrogens is 1. The van der Waals surface area contributed by atoms with E-state index in [1.807, 2.05) is 4.90 Å². The third-order valence-electron chi connectivity index (χ3n) is 3.57. The van der Waals surface area contributed by atoms with Crippen molar-refractivity contribution >= 4 is 23.1 Å². The van der Waals surface area contributed by atoms with Crippen LogP contribution >= 0.6 is 11.3 Å². The van der Waals surface area contributed by atoms with E-state index >= 15 is 0 Å². The summed E-state index contributed by atoms with van der Waals surface area (Å²) < 4.78 is 0. The highest BCUT2D eigenvalue weighted by Gasteiger charge is 2.31. The molecule has 1 atom stereocenters. The normalized spacial score (nSPS) is 18.4. The van der Waals surface area contributed by atoms with E-state index in [-0.39, 0.29) is 11.9 Å². The highest BCUT2D eigenvalue weighted by Crippen LogP contribution is 2.35. The summed E-state index contributed by atoms with van der Waals surface area (Å²) in [7, 11) is 0. The van der Waals surface area contributed by atoms with E-state index in [1.54, 1.807) is 17.4 Å². The van der Waals surface area contributed by atoms with Gasteiger partial charge in [0.25, 0.3) is 5.91 Å². The van der Waals surface area contributed by atoms with Gasteiger partial charge in [-0.3, -0.25) is 9.89 Å². The predicted octanol–water partition coefficient (Wildman–Crippen LogP) is 2.20. The van der Waals surface area contributed by atoms with Crippen molar-refractivity contribution in [1.82, 2.24) is 15.1 Å². The second-order valence-corrected chi connectivity index (χ2v) is 5.68. The summed E-state index contributed by atoms with van der Waals surface area (Å²) >= 11 is 1.78. The number of aromatic amines is 1. The Hall–Kier alpha value is -1.82. The standard InChI is InChI=1S/C13H16N4OS/c1-2-10-8-4-6-19-11(8)3-5-17(10)13(18)9-7-12(14)16-15-9/h4,6-7,10H,2-3,5H2,1H3,(H3,14,15,16). The Morgan fingerprint density at radius 3 is 3.21 bits per heavy atom. The van der Waals surface area contributed by atoms with Gasteiger partial charge in [0.2, 0.25) is 0 Å². The van der Waals surface area contributed by atoms with Crippen LogP contribution in [0.3, 0.4) is 0 Å². The predicted molar refractivity (Wildman–Crippen MR) is 75.1 cm³/mol. The maximum atomic E-state index is 12.5. The van der Waals surface area contributed by atoms with Gasteiger partial charge in [0, 0.05) is 17.5 Å². The van der Waals surface area contributed by atoms with Gasteiger partial charge in [-0.2, -0.15) is 5.10 Å². The lowest BCUT2D eigenvalue weighted by Crippen LogP contribution is -2.39. The summed E-state index contributed by atoms with van der Waals surface area (Å²) in [5, 5.41) is 8.63. The van der Waals surface area contributed by atoms with Crippen LogP contribution in [0.2, 0.25) is 0 Å². The molecule has 2 aromatic heterocycles. The summed E-state index contributed by atoms with van der Waals surface area (Å²) in [6.45, 7) is 2.86. The summed E-state index contributed by atoms with van der Waals surface area (Å²) in [5.41, 5.74) is 7.32. The molecule has 3 N–H and O–H groups in total. The first kappa shape index (κ1) is 12.2. The van der Waals surface area contributed by atoms with Gasteiger partial charge in [-0.25, -0.2) is 0 Å². The second-order valence-electron chi connectivity index (χ2n) is 4.68. The Balaban J connectivity index is 1.91. The van der Waals surface area contributed by atoms with E-state index in [0.717, 1.165) is 19.4 Å². The molecule has 1 amide bonds. The Morgan fingerprint density at radius 1 is 1.68 bits per heavy atom. The summed E-state index contributed by atoms with van der Waals surface area (Å²) in [6.07, 6.45) is 1.85. The van der Waals surface area contributed by atoms with Crippen LogP contribution < -0.4 is 5.73 Å². The average Bonchev–Trinajstić information content (AvgIpc) is 3.04. The summed E-state index contributed by atoms with van der Waals surface area (Å²) in [6, 6.07) is 3.89. The Bertz CT molecular complexity index is 603. The largest absolute Gasteiger partial charge is 0.382 e. The van der Waals surface area contributed by atoms with Crippen molar-refractivity contribution in [1.29, 1.82) is 0 Å². The number of rotatable bonds is 2. The van der Waals surface area contributed by atoms with Crippen LogP contribution in [-0.4, -0.2) is 27.5 Å². The van der Waals surface area contributed by atoms with Gasteiger partial charge in [-0.1, -0.05) is 6.92 Å². The molecule has 0 radical (unpaired) electrons. The number of nitrogens with one attached hydrogen (secondary N) is 1. The molecule has 1 aliphatic rings. The molecule has 3 heterocycles. The number of thiophene rings is 1. The number of carbonyl (C=O) groups excluding carboxylic acids is 1. The van der Waals surface area contributed by atoms with Crippen LogP contribution in [0.25, 0.3) is 0 Å². The first-order chi connectivity index (χ1) is 9.20. The van der Waals surface area contributed by atoms with Crippen molar-refractivity contribution in [3.05, 3.63) is 33.6 Å². The molecule has 6 heteroatoms. The zero-order chi connectivity index (χ0) is 13.4. The maximum absolute atomic E-state index is 12.5. The highest BCUT2D eigenvalue weighted by molar-refractivity contribution is 7.10. The van der Waals surface area contributed by atoms with Gasteiger partial charge in [-0.15, -0.1) is 11.3 Å². The van der Waals surface area contributed by atoms with Crippen LogP contribution in [0, 0.1) is 0 Å². The number of nitrogens with two attached hydrogens (primary N) is 1. The van der Waals surface area contributed by atoms with Gasteiger partial charge in [0.05, 0.1) is 6.04 Å². The minimum absolute atomic E-state index is 0.0205. The van der Waals surface area contributed by atoms with Crippen LogP contribution in [-0.2, 0) is 6.42 Å². The van der Waals surface area contributed by atoms with E-state index in [1.165, 1.54) is 10.4 Å². The van der Waals surface area contributed by atoms with E-state index in [0.29, 0.717) is 11.5 Å². The number of amides is 1. The molecule has 0 bridgehead atoms. The van der Waals surface area contributed by atoms with E-state index < -0.39 is 0 Å². The summed E-state index contributed by atoms with van der Waals surface area (Å²) in [5.74, 6) is 0.331. The topological polar surface area (TPSA) is 75.0 Å². The quantitative estimate of drug-likeness (QED) is 0.883. The zero-order valence-corrected chi connectivity index (χ0v) is 11.5. The van der Waals surface area contributed by atoms with Crippen molar-refractivity contribution in [2.24, 2.45) is 0 Å². The molecule has 3 rings (SSSR count). The van der Waals surface area contributed by atoms with Crippen molar-refractivity contribution < 1.29 is 4.79 Å². The fourth-order valence-electron chi connectivity index (χ4n) is 2.68. The van der Waals surface area contributed by atoms with Gasteiger partial charge < -0.3 is 10.6 Å². The van der Waals surface area contributed by atoms with Crippen molar-refractivity contribution in [2.45, 2.75) is 25.8 Å². The van der Waals surface area contributed by atoms with Crippen molar-refractivity contribution in [3.63, 3.8) is 0 Å². The first-order valence-electron chi connectivity index (χ1n) is 6.38. The lowest BCUT2D eigenvalue weighted by molar-refractivity contribution is 0.0651. The number of anilines is 1. The summed E-state index contributed by atoms with van der Waals surface area (Å²) in [4.78, 5) is 15.8. The minimum atomic E-state index is -0.0205. The zero-order valence-electron chi connectivity index (χ0n) is 10.7. The number of nitrogens with zero attached hydrogens (tertiary/aromatic N) is 2. The third kappa shape index (κ3) is 2.02. The Morgan fingerprint density at radius 2 is 2.53 bits per heavy atom. The Kier molecular flexibility index (Phi) is 3.02. The van der Waals surface area contributed by atoms with Gasteiger partial charge in [0.15, 0.2) is 0 Å². The monoisotopic (exact) mass is 276 g/mol. The molecule has 2 aromatic rings. The fraction of sp³-hybridized carbons (Fsp3) is 0.385. The molecular formula is C13H16N4OS. The molecule has 0 aromatic carbocycles. The second kappa shape index (κ2) is 4.70. The van der Waals surface area contributed by atoms with Gasteiger partial charge >= 0.3 is 0 Å². The molecule has 0 spiro atoms. The minimum Gasteiger partial charge on any atom is -0.382 e. The van der Waals surface area contributed by atoms with Crippen LogP contribution in [0.15, 0.2) is 17.5 Å². The first-order valence-corrected chi connectivity index (χ1v) is 7.26. The van der Waals surface area contributed by atoms with Crippen LogP contribution in [0.5, 0.6) is 0 Å². The number of fused-ring (bicyclic) bond motifs is 1. The molecule has 0 fully saturated rings. The van der Waals surface area contributed by atoms with E-state index in [2.05, 4.69) is 28.6 Å². The lowest BCUT2D eigenvalue weighted by Gasteiger charge is -2.35. The maximum Gasteiger partial charge on any atom is 0.272 e. The Labute approximate surface area is 115 Å². The van der Waals surface area contributed by atoms with Crippen LogP contribution in [0.1, 0.15) is 40.3 Å².